The lowest BCUT2D eigenvalue weighted by molar-refractivity contribution is 0.0662. The maximum atomic E-state index is 12.9. The molecule has 1 aliphatic carbocycles. The number of sulfonamides is 1. The molecule has 1 amide bonds. The van der Waals surface area contributed by atoms with Crippen molar-refractivity contribution < 1.29 is 27.1 Å². The minimum absolute atomic E-state index is 0.0858. The van der Waals surface area contributed by atoms with E-state index in [0.29, 0.717) is 45.4 Å². The Hall–Kier alpha value is -1.42. The lowest BCUT2D eigenvalue weighted by Crippen LogP contribution is -2.40. The summed E-state index contributed by atoms with van der Waals surface area (Å²) in [7, 11) is -3.73. The molecule has 2 saturated heterocycles. The smallest absolute Gasteiger partial charge is 0.289 e. The fourth-order valence-corrected chi connectivity index (χ4v) is 4.74. The number of ether oxygens (including phenoxy) is 2. The van der Waals surface area contributed by atoms with Crippen molar-refractivity contribution in [2.45, 2.75) is 30.4 Å². The number of furan rings is 1. The van der Waals surface area contributed by atoms with E-state index in [4.69, 9.17) is 13.9 Å². The zero-order valence-corrected chi connectivity index (χ0v) is 15.4. The summed E-state index contributed by atoms with van der Waals surface area (Å²) < 4.78 is 42.7. The Morgan fingerprint density at radius 2 is 1.88 bits per heavy atom. The number of hydrogen-bond acceptors (Lipinski definition) is 6. The van der Waals surface area contributed by atoms with E-state index in [9.17, 15) is 13.2 Å². The number of morpholine rings is 1. The molecule has 4 rings (SSSR count). The van der Waals surface area contributed by atoms with Crippen molar-refractivity contribution in [3.05, 3.63) is 17.9 Å². The van der Waals surface area contributed by atoms with E-state index in [0.717, 1.165) is 25.9 Å². The fraction of sp³-hybridized carbons (Fsp3) is 0.706. The van der Waals surface area contributed by atoms with Gasteiger partial charge in [-0.25, -0.2) is 8.42 Å². The van der Waals surface area contributed by atoms with E-state index < -0.39 is 10.0 Å². The number of carbonyl (C=O) groups excluding carboxylic acids is 1. The molecule has 1 saturated carbocycles. The monoisotopic (exact) mass is 384 g/mol. The maximum Gasteiger partial charge on any atom is 0.289 e. The van der Waals surface area contributed by atoms with Crippen molar-refractivity contribution in [2.24, 2.45) is 5.92 Å². The molecular weight excluding hydrogens is 360 g/mol. The Morgan fingerprint density at radius 1 is 1.12 bits per heavy atom. The van der Waals surface area contributed by atoms with Crippen LogP contribution in [0.3, 0.4) is 0 Å². The number of nitrogens with zero attached hydrogens (tertiary/aromatic N) is 2. The van der Waals surface area contributed by atoms with Crippen molar-refractivity contribution in [3.8, 4) is 0 Å². The van der Waals surface area contributed by atoms with Gasteiger partial charge >= 0.3 is 0 Å². The third-order valence-corrected chi connectivity index (χ3v) is 6.86. The standard InChI is InChI=1S/C17H24N2O6S/c20-17(19(14-1-2-14)11-13-5-8-24-12-13)15-3-4-16(25-15)26(21,22)18-6-9-23-10-7-18/h3-4,13-14H,1-2,5-12H2/t13-/m1/s1. The summed E-state index contributed by atoms with van der Waals surface area (Å²) in [6.07, 6.45) is 2.92. The summed E-state index contributed by atoms with van der Waals surface area (Å²) in [5.74, 6) is 0.191. The number of rotatable bonds is 6. The lowest BCUT2D eigenvalue weighted by atomic mass is 10.1. The Morgan fingerprint density at radius 3 is 2.54 bits per heavy atom. The Balaban J connectivity index is 1.49. The van der Waals surface area contributed by atoms with Gasteiger partial charge in [-0.1, -0.05) is 0 Å². The molecule has 0 radical (unpaired) electrons. The normalized spacial score (nSPS) is 24.7. The number of hydrogen-bond donors (Lipinski definition) is 0. The molecule has 0 bridgehead atoms. The van der Waals surface area contributed by atoms with E-state index in [1.165, 1.54) is 16.4 Å². The van der Waals surface area contributed by atoms with E-state index in [1.54, 1.807) is 0 Å². The van der Waals surface area contributed by atoms with Crippen LogP contribution in [0.2, 0.25) is 0 Å². The average Bonchev–Trinajstić information content (AvgIpc) is 3.14. The van der Waals surface area contributed by atoms with E-state index in [1.807, 2.05) is 4.90 Å². The summed E-state index contributed by atoms with van der Waals surface area (Å²) in [4.78, 5) is 14.7. The molecule has 0 aromatic carbocycles. The van der Waals surface area contributed by atoms with Crippen molar-refractivity contribution in [1.82, 2.24) is 9.21 Å². The molecule has 8 nitrogen and oxygen atoms in total. The van der Waals surface area contributed by atoms with Gasteiger partial charge in [0.15, 0.2) is 5.76 Å². The van der Waals surface area contributed by atoms with Crippen molar-refractivity contribution in [2.75, 3.05) is 46.1 Å². The van der Waals surface area contributed by atoms with Crippen molar-refractivity contribution in [3.63, 3.8) is 0 Å². The molecule has 9 heteroatoms. The molecule has 0 N–H and O–H groups in total. The molecule has 144 valence electrons. The number of carbonyl (C=O) groups is 1. The predicted molar refractivity (Wildman–Crippen MR) is 91.3 cm³/mol. The topological polar surface area (TPSA) is 89.3 Å². The second kappa shape index (κ2) is 7.30. The molecule has 26 heavy (non-hydrogen) atoms. The van der Waals surface area contributed by atoms with Gasteiger partial charge in [0.2, 0.25) is 5.09 Å². The van der Waals surface area contributed by atoms with Crippen LogP contribution in [0.5, 0.6) is 0 Å². The second-order valence-corrected chi connectivity index (χ2v) is 8.92. The quantitative estimate of drug-likeness (QED) is 0.725. The van der Waals surface area contributed by atoms with Crippen LogP contribution < -0.4 is 0 Å². The minimum Gasteiger partial charge on any atom is -0.438 e. The zero-order valence-electron chi connectivity index (χ0n) is 14.6. The second-order valence-electron chi connectivity index (χ2n) is 7.05. The largest absolute Gasteiger partial charge is 0.438 e. The first-order chi connectivity index (χ1) is 12.6. The summed E-state index contributed by atoms with van der Waals surface area (Å²) in [5, 5.41) is -0.178. The van der Waals surface area contributed by atoms with Gasteiger partial charge in [-0.15, -0.1) is 0 Å². The van der Waals surface area contributed by atoms with E-state index in [2.05, 4.69) is 0 Å². The molecule has 1 aromatic heterocycles. The molecule has 0 spiro atoms. The third kappa shape index (κ3) is 3.66. The van der Waals surface area contributed by atoms with Crippen LogP contribution >= 0.6 is 0 Å². The molecule has 3 fully saturated rings. The number of amides is 1. The zero-order chi connectivity index (χ0) is 18.1. The first-order valence-electron chi connectivity index (χ1n) is 9.12. The summed E-state index contributed by atoms with van der Waals surface area (Å²) in [6, 6.07) is 3.07. The molecule has 3 heterocycles. The van der Waals surface area contributed by atoms with Gasteiger partial charge in [0.05, 0.1) is 19.8 Å². The van der Waals surface area contributed by atoms with Gasteiger partial charge in [-0.3, -0.25) is 4.79 Å². The van der Waals surface area contributed by atoms with Gasteiger partial charge in [-0.2, -0.15) is 4.31 Å². The van der Waals surface area contributed by atoms with Crippen LogP contribution in [0.15, 0.2) is 21.6 Å². The highest BCUT2D eigenvalue weighted by Gasteiger charge is 2.37. The summed E-state index contributed by atoms with van der Waals surface area (Å²) in [6.45, 7) is 3.36. The van der Waals surface area contributed by atoms with Crippen LogP contribution in [0.1, 0.15) is 29.8 Å². The summed E-state index contributed by atoms with van der Waals surface area (Å²) in [5.41, 5.74) is 0. The first-order valence-corrected chi connectivity index (χ1v) is 10.6. The molecule has 1 atom stereocenters. The van der Waals surface area contributed by atoms with Gasteiger partial charge < -0.3 is 18.8 Å². The minimum atomic E-state index is -3.73. The average molecular weight is 384 g/mol. The van der Waals surface area contributed by atoms with Crippen LogP contribution in [0, 0.1) is 5.92 Å². The first kappa shape index (κ1) is 18.0. The highest BCUT2D eigenvalue weighted by atomic mass is 32.2. The fourth-order valence-electron chi connectivity index (χ4n) is 3.42. The van der Waals surface area contributed by atoms with Crippen LogP contribution in [0.4, 0.5) is 0 Å². The Kier molecular flexibility index (Phi) is 5.05. The van der Waals surface area contributed by atoms with Gasteiger partial charge in [0.25, 0.3) is 15.9 Å². The Labute approximate surface area is 153 Å². The van der Waals surface area contributed by atoms with Gasteiger partial charge in [0, 0.05) is 38.2 Å². The molecule has 1 aromatic rings. The highest BCUT2D eigenvalue weighted by molar-refractivity contribution is 7.89. The van der Waals surface area contributed by atoms with Crippen LogP contribution in [-0.4, -0.2) is 75.6 Å². The van der Waals surface area contributed by atoms with E-state index in [-0.39, 0.29) is 22.8 Å². The van der Waals surface area contributed by atoms with Gasteiger partial charge in [0.1, 0.15) is 0 Å². The SMILES string of the molecule is O=C(c1ccc(S(=O)(=O)N2CCOCC2)o1)N(C[C@H]1CCOC1)C1CC1. The molecular formula is C17H24N2O6S. The highest BCUT2D eigenvalue weighted by Crippen LogP contribution is 2.31. The van der Waals surface area contributed by atoms with Gasteiger partial charge in [-0.05, 0) is 31.4 Å². The van der Waals surface area contributed by atoms with Crippen molar-refractivity contribution in [1.29, 1.82) is 0 Å². The third-order valence-electron chi connectivity index (χ3n) is 5.08. The van der Waals surface area contributed by atoms with E-state index >= 15 is 0 Å². The lowest BCUT2D eigenvalue weighted by Gasteiger charge is -2.25. The molecule has 3 aliphatic rings. The molecule has 2 aliphatic heterocycles. The van der Waals surface area contributed by atoms with Crippen LogP contribution in [-0.2, 0) is 19.5 Å². The maximum absolute atomic E-state index is 12.9. The van der Waals surface area contributed by atoms with Crippen LogP contribution in [0.25, 0.3) is 0 Å². The predicted octanol–water partition coefficient (Wildman–Crippen LogP) is 0.942. The van der Waals surface area contributed by atoms with Crippen molar-refractivity contribution >= 4 is 15.9 Å². The molecule has 0 unspecified atom stereocenters. The Bertz CT molecular complexity index is 745. The summed E-state index contributed by atoms with van der Waals surface area (Å²) >= 11 is 0.